The molecule has 0 aromatic carbocycles. The molecular weight excluding hydrogens is 266 g/mol. The number of piperidine rings is 1. The minimum atomic E-state index is 0.313. The number of alkyl halides is 1. The number of carbonyl (C=O) groups excluding carboxylic acids is 1. The molecule has 0 spiro atoms. The molecular formula is C13H22BrNO. The van der Waals surface area contributed by atoms with Gasteiger partial charge in [0.15, 0.2) is 0 Å². The predicted octanol–water partition coefficient (Wildman–Crippen LogP) is 3.05. The third kappa shape index (κ3) is 2.44. The normalized spacial score (nSPS) is 40.1. The van der Waals surface area contributed by atoms with Crippen molar-refractivity contribution in [3.63, 3.8) is 0 Å². The average molecular weight is 288 g/mol. The lowest BCUT2D eigenvalue weighted by molar-refractivity contribution is -0.137. The van der Waals surface area contributed by atoms with Gasteiger partial charge in [-0.25, -0.2) is 0 Å². The van der Waals surface area contributed by atoms with Crippen LogP contribution in [-0.2, 0) is 4.79 Å². The summed E-state index contributed by atoms with van der Waals surface area (Å²) in [5.41, 5.74) is 0. The van der Waals surface area contributed by atoms with Gasteiger partial charge in [0.2, 0.25) is 5.91 Å². The van der Waals surface area contributed by atoms with E-state index < -0.39 is 0 Å². The molecule has 92 valence electrons. The van der Waals surface area contributed by atoms with Gasteiger partial charge in [0.25, 0.3) is 0 Å². The Labute approximate surface area is 107 Å². The summed E-state index contributed by atoms with van der Waals surface area (Å²) in [5.74, 6) is 2.03. The Morgan fingerprint density at radius 1 is 1.19 bits per heavy atom. The van der Waals surface area contributed by atoms with Crippen LogP contribution in [0.2, 0.25) is 0 Å². The Morgan fingerprint density at radius 3 is 2.50 bits per heavy atom. The third-order valence-electron chi connectivity index (χ3n) is 4.36. The lowest BCUT2D eigenvalue weighted by atomic mass is 9.93. The minimum Gasteiger partial charge on any atom is -0.341 e. The van der Waals surface area contributed by atoms with Crippen LogP contribution in [0.4, 0.5) is 0 Å². The van der Waals surface area contributed by atoms with Gasteiger partial charge in [-0.1, -0.05) is 36.2 Å². The zero-order valence-electron chi connectivity index (χ0n) is 10.3. The smallest absolute Gasteiger partial charge is 0.225 e. The Bertz CT molecular complexity index is 269. The van der Waals surface area contributed by atoms with Crippen LogP contribution in [0.15, 0.2) is 0 Å². The Balaban J connectivity index is 1.95. The second-order valence-corrected chi connectivity index (χ2v) is 6.76. The molecule has 0 radical (unpaired) electrons. The molecule has 1 amide bonds. The van der Waals surface area contributed by atoms with E-state index in [1.807, 2.05) is 0 Å². The van der Waals surface area contributed by atoms with Crippen molar-refractivity contribution in [2.24, 2.45) is 17.8 Å². The summed E-state index contributed by atoms with van der Waals surface area (Å²) in [6.07, 6.45) is 4.72. The topological polar surface area (TPSA) is 20.3 Å². The van der Waals surface area contributed by atoms with Crippen LogP contribution in [0.25, 0.3) is 0 Å². The molecule has 2 rings (SSSR count). The molecule has 2 aliphatic rings. The van der Waals surface area contributed by atoms with Crippen molar-refractivity contribution in [1.82, 2.24) is 4.90 Å². The predicted molar refractivity (Wildman–Crippen MR) is 69.6 cm³/mol. The van der Waals surface area contributed by atoms with Gasteiger partial charge in [-0.2, -0.15) is 0 Å². The molecule has 4 unspecified atom stereocenters. The van der Waals surface area contributed by atoms with Gasteiger partial charge in [-0.3, -0.25) is 4.79 Å². The van der Waals surface area contributed by atoms with Crippen molar-refractivity contribution >= 4 is 21.8 Å². The fraction of sp³-hybridized carbons (Fsp3) is 0.923. The van der Waals surface area contributed by atoms with Crippen molar-refractivity contribution in [3.8, 4) is 0 Å². The third-order valence-corrected chi connectivity index (χ3v) is 5.55. The van der Waals surface area contributed by atoms with Crippen molar-refractivity contribution in [1.29, 1.82) is 0 Å². The second kappa shape index (κ2) is 5.07. The Hall–Kier alpha value is -0.0500. The first-order valence-electron chi connectivity index (χ1n) is 6.52. The summed E-state index contributed by atoms with van der Waals surface area (Å²) in [5, 5.41) is 0. The van der Waals surface area contributed by atoms with Gasteiger partial charge in [0.1, 0.15) is 0 Å². The summed E-state index contributed by atoms with van der Waals surface area (Å²) >= 11 is 3.69. The van der Waals surface area contributed by atoms with E-state index >= 15 is 0 Å². The molecule has 2 fully saturated rings. The zero-order valence-corrected chi connectivity index (χ0v) is 11.9. The summed E-state index contributed by atoms with van der Waals surface area (Å²) in [6, 6.07) is 0. The molecule has 1 heterocycles. The standard InChI is InChI=1S/C13H22BrNO/c1-9-4-3-5-11(9)13(16)15-7-6-10(2)12(14)8-15/h9-12H,3-8H2,1-2H3. The first kappa shape index (κ1) is 12.4. The van der Waals surface area contributed by atoms with Crippen LogP contribution in [0.5, 0.6) is 0 Å². The number of halogens is 1. The average Bonchev–Trinajstić information content (AvgIpc) is 2.67. The van der Waals surface area contributed by atoms with Crippen molar-refractivity contribution < 1.29 is 4.79 Å². The van der Waals surface area contributed by atoms with E-state index in [2.05, 4.69) is 34.7 Å². The molecule has 2 nitrogen and oxygen atoms in total. The van der Waals surface area contributed by atoms with Gasteiger partial charge in [0, 0.05) is 23.8 Å². The largest absolute Gasteiger partial charge is 0.341 e. The molecule has 0 bridgehead atoms. The number of likely N-dealkylation sites (tertiary alicyclic amines) is 1. The van der Waals surface area contributed by atoms with E-state index in [0.717, 1.165) is 25.9 Å². The molecule has 1 saturated heterocycles. The molecule has 4 atom stereocenters. The summed E-state index contributed by atoms with van der Waals surface area (Å²) in [4.78, 5) is 14.9. The minimum absolute atomic E-state index is 0.313. The quantitative estimate of drug-likeness (QED) is 0.679. The van der Waals surface area contributed by atoms with E-state index in [0.29, 0.717) is 28.5 Å². The zero-order chi connectivity index (χ0) is 11.7. The maximum absolute atomic E-state index is 12.4. The maximum atomic E-state index is 12.4. The highest BCUT2D eigenvalue weighted by atomic mass is 79.9. The first-order valence-corrected chi connectivity index (χ1v) is 7.44. The number of nitrogens with zero attached hydrogens (tertiary/aromatic N) is 1. The number of carbonyl (C=O) groups is 1. The van der Waals surface area contributed by atoms with E-state index in [9.17, 15) is 4.79 Å². The van der Waals surface area contributed by atoms with Crippen LogP contribution in [0, 0.1) is 17.8 Å². The second-order valence-electron chi connectivity index (χ2n) is 5.58. The van der Waals surface area contributed by atoms with Crippen molar-refractivity contribution in [3.05, 3.63) is 0 Å². The van der Waals surface area contributed by atoms with Crippen LogP contribution in [-0.4, -0.2) is 28.7 Å². The monoisotopic (exact) mass is 287 g/mol. The van der Waals surface area contributed by atoms with Crippen molar-refractivity contribution in [2.75, 3.05) is 13.1 Å². The number of hydrogen-bond acceptors (Lipinski definition) is 1. The van der Waals surface area contributed by atoms with Gasteiger partial charge in [-0.05, 0) is 31.1 Å². The molecule has 0 aromatic rings. The SMILES string of the molecule is CC1CCN(C(=O)C2CCCC2C)CC1Br. The van der Waals surface area contributed by atoms with Crippen LogP contribution in [0.3, 0.4) is 0 Å². The highest BCUT2D eigenvalue weighted by Gasteiger charge is 2.35. The Morgan fingerprint density at radius 2 is 1.94 bits per heavy atom. The van der Waals surface area contributed by atoms with Crippen molar-refractivity contribution in [2.45, 2.75) is 44.4 Å². The highest BCUT2D eigenvalue weighted by molar-refractivity contribution is 9.09. The van der Waals surface area contributed by atoms with E-state index in [1.54, 1.807) is 0 Å². The number of rotatable bonds is 1. The van der Waals surface area contributed by atoms with E-state index in [4.69, 9.17) is 0 Å². The number of hydrogen-bond donors (Lipinski definition) is 0. The molecule has 16 heavy (non-hydrogen) atoms. The molecule has 1 aliphatic heterocycles. The Kier molecular flexibility index (Phi) is 3.93. The van der Waals surface area contributed by atoms with Crippen LogP contribution < -0.4 is 0 Å². The molecule has 0 aromatic heterocycles. The summed E-state index contributed by atoms with van der Waals surface area (Å²) in [7, 11) is 0. The van der Waals surface area contributed by atoms with E-state index in [-0.39, 0.29) is 0 Å². The summed E-state index contributed by atoms with van der Waals surface area (Å²) < 4.78 is 0. The fourth-order valence-corrected chi connectivity index (χ4v) is 3.58. The van der Waals surface area contributed by atoms with E-state index in [1.165, 1.54) is 12.8 Å². The summed E-state index contributed by atoms with van der Waals surface area (Å²) in [6.45, 7) is 6.36. The molecule has 1 aliphatic carbocycles. The van der Waals surface area contributed by atoms with Crippen LogP contribution >= 0.6 is 15.9 Å². The van der Waals surface area contributed by atoms with Crippen LogP contribution in [0.1, 0.15) is 39.5 Å². The van der Waals surface area contributed by atoms with Gasteiger partial charge in [0.05, 0.1) is 0 Å². The highest BCUT2D eigenvalue weighted by Crippen LogP contribution is 2.34. The molecule has 3 heteroatoms. The van der Waals surface area contributed by atoms with Gasteiger partial charge in [-0.15, -0.1) is 0 Å². The number of amides is 1. The van der Waals surface area contributed by atoms with Gasteiger partial charge < -0.3 is 4.90 Å². The fourth-order valence-electron chi connectivity index (χ4n) is 2.97. The lowest BCUT2D eigenvalue weighted by Crippen LogP contribution is -2.46. The first-order chi connectivity index (χ1) is 7.59. The molecule has 0 N–H and O–H groups in total. The molecule has 1 saturated carbocycles. The maximum Gasteiger partial charge on any atom is 0.225 e. The van der Waals surface area contributed by atoms with Gasteiger partial charge >= 0.3 is 0 Å². The lowest BCUT2D eigenvalue weighted by Gasteiger charge is -2.36.